The molecule has 1 saturated heterocycles. The van der Waals surface area contributed by atoms with Crippen LogP contribution in [0.3, 0.4) is 0 Å². The lowest BCUT2D eigenvalue weighted by Crippen LogP contribution is -2.37. The van der Waals surface area contributed by atoms with Gasteiger partial charge in [0.25, 0.3) is 5.69 Å². The molecule has 0 saturated carbocycles. The van der Waals surface area contributed by atoms with Gasteiger partial charge in [0.2, 0.25) is 5.91 Å². The molecule has 0 bridgehead atoms. The highest BCUT2D eigenvalue weighted by Gasteiger charge is 2.16. The van der Waals surface area contributed by atoms with E-state index in [0.29, 0.717) is 11.2 Å². The van der Waals surface area contributed by atoms with Crippen LogP contribution >= 0.6 is 0 Å². The van der Waals surface area contributed by atoms with Crippen LogP contribution in [0.2, 0.25) is 0 Å². The molecule has 0 radical (unpaired) electrons. The molecular weight excluding hydrogens is 404 g/mol. The number of morpholine rings is 1. The van der Waals surface area contributed by atoms with Crippen molar-refractivity contribution in [3.8, 4) is 0 Å². The number of hydrogen-bond donors (Lipinski definition) is 1. The molecule has 31 heavy (non-hydrogen) atoms. The standard InChI is InChI=1S/C21H22N4O6/c26-20(14-24-18-6-5-17(25(28)29)13-19(18)31-21(24)27)22-16-3-1-15(2-4-16)7-8-23-9-11-30-12-10-23/h1-6,13H,7-12,14H2,(H,22,26). The van der Waals surface area contributed by atoms with E-state index in [1.54, 1.807) is 0 Å². The summed E-state index contributed by atoms with van der Waals surface area (Å²) in [5.41, 5.74) is 1.99. The summed E-state index contributed by atoms with van der Waals surface area (Å²) in [5.74, 6) is -1.15. The Morgan fingerprint density at radius 3 is 2.58 bits per heavy atom. The van der Waals surface area contributed by atoms with Crippen LogP contribution in [0.5, 0.6) is 0 Å². The van der Waals surface area contributed by atoms with Gasteiger partial charge in [-0.15, -0.1) is 0 Å². The first kappa shape index (κ1) is 20.8. The van der Waals surface area contributed by atoms with Gasteiger partial charge in [0, 0.05) is 31.4 Å². The molecule has 1 aliphatic rings. The van der Waals surface area contributed by atoms with E-state index in [9.17, 15) is 19.7 Å². The number of anilines is 1. The zero-order valence-electron chi connectivity index (χ0n) is 16.8. The van der Waals surface area contributed by atoms with Crippen LogP contribution in [0, 0.1) is 10.1 Å². The van der Waals surface area contributed by atoms with E-state index >= 15 is 0 Å². The monoisotopic (exact) mass is 426 g/mol. The Morgan fingerprint density at radius 2 is 1.87 bits per heavy atom. The fourth-order valence-electron chi connectivity index (χ4n) is 3.53. The van der Waals surface area contributed by atoms with E-state index in [4.69, 9.17) is 9.15 Å². The second-order valence-corrected chi connectivity index (χ2v) is 7.31. The summed E-state index contributed by atoms with van der Waals surface area (Å²) in [6.45, 7) is 4.15. The number of aromatic nitrogens is 1. The van der Waals surface area contributed by atoms with Crippen molar-refractivity contribution in [1.29, 1.82) is 0 Å². The smallest absolute Gasteiger partial charge is 0.407 e. The molecule has 0 aliphatic carbocycles. The maximum atomic E-state index is 12.4. The highest BCUT2D eigenvalue weighted by atomic mass is 16.6. The van der Waals surface area contributed by atoms with Crippen LogP contribution in [-0.2, 0) is 22.5 Å². The number of nitrogens with one attached hydrogen (secondary N) is 1. The highest BCUT2D eigenvalue weighted by Crippen LogP contribution is 2.20. The lowest BCUT2D eigenvalue weighted by atomic mass is 10.1. The summed E-state index contributed by atoms with van der Waals surface area (Å²) in [7, 11) is 0. The first-order valence-electron chi connectivity index (χ1n) is 9.96. The van der Waals surface area contributed by atoms with E-state index < -0.39 is 16.6 Å². The lowest BCUT2D eigenvalue weighted by Gasteiger charge is -2.26. The van der Waals surface area contributed by atoms with Crippen molar-refractivity contribution in [2.45, 2.75) is 13.0 Å². The van der Waals surface area contributed by atoms with Crippen molar-refractivity contribution in [3.05, 3.63) is 68.7 Å². The minimum Gasteiger partial charge on any atom is -0.407 e. The van der Waals surface area contributed by atoms with Gasteiger partial charge in [-0.1, -0.05) is 12.1 Å². The maximum Gasteiger partial charge on any atom is 0.420 e. The molecule has 162 valence electrons. The van der Waals surface area contributed by atoms with Gasteiger partial charge in [-0.25, -0.2) is 4.79 Å². The molecule has 3 aromatic rings. The second-order valence-electron chi connectivity index (χ2n) is 7.31. The van der Waals surface area contributed by atoms with E-state index in [0.717, 1.165) is 43.8 Å². The fourth-order valence-corrected chi connectivity index (χ4v) is 3.53. The molecule has 1 aliphatic heterocycles. The van der Waals surface area contributed by atoms with Crippen molar-refractivity contribution in [2.75, 3.05) is 38.2 Å². The molecule has 0 atom stereocenters. The number of non-ortho nitro benzene ring substituents is 1. The Morgan fingerprint density at radius 1 is 1.13 bits per heavy atom. The summed E-state index contributed by atoms with van der Waals surface area (Å²) in [6.07, 6.45) is 0.913. The van der Waals surface area contributed by atoms with Crippen molar-refractivity contribution >= 4 is 28.4 Å². The number of oxazole rings is 1. The van der Waals surface area contributed by atoms with Crippen molar-refractivity contribution in [3.63, 3.8) is 0 Å². The van der Waals surface area contributed by atoms with Crippen LogP contribution < -0.4 is 11.1 Å². The summed E-state index contributed by atoms with van der Waals surface area (Å²) in [6, 6.07) is 11.4. The normalized spacial score (nSPS) is 14.6. The summed E-state index contributed by atoms with van der Waals surface area (Å²) in [5, 5.41) is 13.6. The summed E-state index contributed by atoms with van der Waals surface area (Å²) in [4.78, 5) is 37.2. The molecule has 2 aromatic carbocycles. The van der Waals surface area contributed by atoms with Gasteiger partial charge in [0.05, 0.1) is 29.7 Å². The molecule has 1 N–H and O–H groups in total. The maximum absolute atomic E-state index is 12.4. The molecule has 0 unspecified atom stereocenters. The van der Waals surface area contributed by atoms with Crippen LogP contribution in [0.25, 0.3) is 11.1 Å². The topological polar surface area (TPSA) is 120 Å². The van der Waals surface area contributed by atoms with Crippen molar-refractivity contribution in [2.24, 2.45) is 0 Å². The van der Waals surface area contributed by atoms with Crippen molar-refractivity contribution < 1.29 is 18.9 Å². The van der Waals surface area contributed by atoms with Crippen molar-refractivity contribution in [1.82, 2.24) is 9.47 Å². The molecule has 1 fully saturated rings. The van der Waals surface area contributed by atoms with Gasteiger partial charge in [-0.05, 0) is 30.2 Å². The van der Waals surface area contributed by atoms with Gasteiger partial charge in [0.1, 0.15) is 6.54 Å². The number of hydrogen-bond acceptors (Lipinski definition) is 7. The molecule has 10 nitrogen and oxygen atoms in total. The summed E-state index contributed by atoms with van der Waals surface area (Å²) >= 11 is 0. The number of fused-ring (bicyclic) bond motifs is 1. The molecule has 4 rings (SSSR count). The number of benzene rings is 2. The second kappa shape index (κ2) is 9.11. The van der Waals surface area contributed by atoms with Gasteiger partial charge >= 0.3 is 5.76 Å². The molecule has 1 aromatic heterocycles. The number of nitro groups is 1. The van der Waals surface area contributed by atoms with E-state index in [1.807, 2.05) is 24.3 Å². The Labute approximate surface area is 177 Å². The molecular formula is C21H22N4O6. The predicted octanol–water partition coefficient (Wildman–Crippen LogP) is 2.02. The Bertz CT molecular complexity index is 1140. The van der Waals surface area contributed by atoms with Gasteiger partial charge in [0.15, 0.2) is 5.58 Å². The predicted molar refractivity (Wildman–Crippen MR) is 113 cm³/mol. The van der Waals surface area contributed by atoms with Gasteiger partial charge in [-0.3, -0.25) is 24.4 Å². The number of rotatable bonds is 7. The van der Waals surface area contributed by atoms with E-state index in [1.165, 1.54) is 23.8 Å². The quantitative estimate of drug-likeness (QED) is 0.453. The SMILES string of the molecule is O=C(Cn1c(=O)oc2cc([N+](=O)[O-])ccc21)Nc1ccc(CCN2CCOCC2)cc1. The molecule has 2 heterocycles. The minimum atomic E-state index is -0.746. The van der Waals surface area contributed by atoms with Crippen LogP contribution in [0.4, 0.5) is 11.4 Å². The lowest BCUT2D eigenvalue weighted by molar-refractivity contribution is -0.384. The van der Waals surface area contributed by atoms with Crippen LogP contribution in [0.1, 0.15) is 5.56 Å². The number of carbonyl (C=O) groups excluding carboxylic acids is 1. The average molecular weight is 426 g/mol. The molecule has 0 spiro atoms. The Balaban J connectivity index is 1.37. The molecule has 1 amide bonds. The third kappa shape index (κ3) is 4.98. The molecule has 10 heteroatoms. The van der Waals surface area contributed by atoms with Gasteiger partial charge < -0.3 is 14.5 Å². The number of ether oxygens (including phenoxy) is 1. The first-order valence-corrected chi connectivity index (χ1v) is 9.96. The number of nitrogens with zero attached hydrogens (tertiary/aromatic N) is 3. The minimum absolute atomic E-state index is 0.0663. The zero-order chi connectivity index (χ0) is 21.8. The largest absolute Gasteiger partial charge is 0.420 e. The Kier molecular flexibility index (Phi) is 6.10. The fraction of sp³-hybridized carbons (Fsp3) is 0.333. The summed E-state index contributed by atoms with van der Waals surface area (Å²) < 4.78 is 11.5. The van der Waals surface area contributed by atoms with E-state index in [-0.39, 0.29) is 17.8 Å². The van der Waals surface area contributed by atoms with E-state index in [2.05, 4.69) is 10.2 Å². The first-order chi connectivity index (χ1) is 15.0. The zero-order valence-corrected chi connectivity index (χ0v) is 16.8. The number of nitro benzene ring substituents is 1. The van der Waals surface area contributed by atoms with Crippen LogP contribution in [0.15, 0.2) is 51.7 Å². The average Bonchev–Trinajstić information content (AvgIpc) is 3.08. The third-order valence-corrected chi connectivity index (χ3v) is 5.22. The highest BCUT2D eigenvalue weighted by molar-refractivity contribution is 5.91. The van der Waals surface area contributed by atoms with Crippen LogP contribution in [-0.4, -0.2) is 53.1 Å². The third-order valence-electron chi connectivity index (χ3n) is 5.22. The number of amides is 1. The van der Waals surface area contributed by atoms with Gasteiger partial charge in [-0.2, -0.15) is 0 Å². The number of carbonyl (C=O) groups is 1. The Hall–Kier alpha value is -3.50.